The molecule has 0 amide bonds. The van der Waals surface area contributed by atoms with Gasteiger partial charge < -0.3 is 4.84 Å². The fourth-order valence-corrected chi connectivity index (χ4v) is 2.31. The van der Waals surface area contributed by atoms with Crippen LogP contribution in [0.1, 0.15) is 18.4 Å². The zero-order chi connectivity index (χ0) is 11.2. The normalized spacial score (nSPS) is 22.2. The van der Waals surface area contributed by atoms with Gasteiger partial charge in [0.2, 0.25) is 0 Å². The van der Waals surface area contributed by atoms with E-state index in [0.29, 0.717) is 12.5 Å². The van der Waals surface area contributed by atoms with Crippen molar-refractivity contribution in [1.82, 2.24) is 9.88 Å². The van der Waals surface area contributed by atoms with E-state index in [-0.39, 0.29) is 0 Å². The van der Waals surface area contributed by atoms with Crippen LogP contribution in [0.3, 0.4) is 0 Å². The predicted octanol–water partition coefficient (Wildman–Crippen LogP) is 1.18. The van der Waals surface area contributed by atoms with Crippen molar-refractivity contribution in [1.29, 1.82) is 0 Å². The lowest BCUT2D eigenvalue weighted by Gasteiger charge is -2.32. The second-order valence-corrected chi connectivity index (χ2v) is 4.43. The zero-order valence-electron chi connectivity index (χ0n) is 9.51. The van der Waals surface area contributed by atoms with Gasteiger partial charge in [-0.05, 0) is 43.0 Å². The average Bonchev–Trinajstić information content (AvgIpc) is 2.31. The fourth-order valence-electron chi connectivity index (χ4n) is 2.31. The van der Waals surface area contributed by atoms with Crippen LogP contribution in [0.4, 0.5) is 0 Å². The summed E-state index contributed by atoms with van der Waals surface area (Å²) in [5.41, 5.74) is 1.32. The maximum Gasteiger partial charge on any atom is 0.0719 e. The molecule has 2 rings (SSSR count). The molecule has 4 nitrogen and oxygen atoms in total. The lowest BCUT2D eigenvalue weighted by molar-refractivity contribution is 0.0585. The number of nitrogens with two attached hydrogens (primary N) is 1. The third-order valence-electron chi connectivity index (χ3n) is 3.09. The first-order valence-electron chi connectivity index (χ1n) is 5.81. The Labute approximate surface area is 96.4 Å². The van der Waals surface area contributed by atoms with E-state index in [0.717, 1.165) is 13.1 Å². The molecule has 4 heteroatoms. The van der Waals surface area contributed by atoms with Crippen molar-refractivity contribution < 1.29 is 4.84 Å². The Kier molecular flexibility index (Phi) is 4.27. The van der Waals surface area contributed by atoms with Crippen molar-refractivity contribution in [2.75, 3.05) is 19.7 Å². The molecule has 1 saturated heterocycles. The van der Waals surface area contributed by atoms with Gasteiger partial charge in [-0.1, -0.05) is 0 Å². The number of hydrogen-bond acceptors (Lipinski definition) is 4. The van der Waals surface area contributed by atoms with Crippen molar-refractivity contribution in [3.05, 3.63) is 30.1 Å². The number of piperidine rings is 1. The van der Waals surface area contributed by atoms with Crippen LogP contribution in [0.5, 0.6) is 0 Å². The molecule has 16 heavy (non-hydrogen) atoms. The molecular formula is C12H19N3O. The highest BCUT2D eigenvalue weighted by molar-refractivity contribution is 5.09. The molecule has 0 spiro atoms. The highest BCUT2D eigenvalue weighted by Gasteiger charge is 2.19. The topological polar surface area (TPSA) is 51.4 Å². The molecule has 1 fully saturated rings. The Hall–Kier alpha value is -0.970. The lowest BCUT2D eigenvalue weighted by atomic mass is 9.98. The Morgan fingerprint density at radius 1 is 1.44 bits per heavy atom. The summed E-state index contributed by atoms with van der Waals surface area (Å²) in [6, 6.07) is 4.14. The molecule has 1 aliphatic heterocycles. The monoisotopic (exact) mass is 221 g/mol. The third kappa shape index (κ3) is 3.27. The summed E-state index contributed by atoms with van der Waals surface area (Å²) >= 11 is 0. The van der Waals surface area contributed by atoms with Gasteiger partial charge in [-0.2, -0.15) is 0 Å². The number of pyridine rings is 1. The first-order valence-corrected chi connectivity index (χ1v) is 5.81. The van der Waals surface area contributed by atoms with Crippen LogP contribution in [-0.4, -0.2) is 29.6 Å². The first kappa shape index (κ1) is 11.5. The van der Waals surface area contributed by atoms with E-state index in [1.807, 2.05) is 12.4 Å². The van der Waals surface area contributed by atoms with Gasteiger partial charge in [0.1, 0.15) is 0 Å². The molecule has 0 bridgehead atoms. The highest BCUT2D eigenvalue weighted by Crippen LogP contribution is 2.18. The maximum atomic E-state index is 5.13. The summed E-state index contributed by atoms with van der Waals surface area (Å²) in [5, 5.41) is 0. The standard InChI is InChI=1S/C12H19N3O/c13-16-10-12-2-1-7-15(9-12)8-11-3-5-14-6-4-11/h3-6,12H,1-2,7-10,13H2. The molecule has 2 N–H and O–H groups in total. The van der Waals surface area contributed by atoms with E-state index in [9.17, 15) is 0 Å². The van der Waals surface area contributed by atoms with Crippen LogP contribution >= 0.6 is 0 Å². The summed E-state index contributed by atoms with van der Waals surface area (Å²) < 4.78 is 0. The lowest BCUT2D eigenvalue weighted by Crippen LogP contribution is -2.37. The quantitative estimate of drug-likeness (QED) is 0.776. The molecule has 0 aliphatic carbocycles. The molecule has 1 aromatic heterocycles. The molecule has 1 atom stereocenters. The van der Waals surface area contributed by atoms with Crippen molar-refractivity contribution in [2.24, 2.45) is 11.8 Å². The summed E-state index contributed by atoms with van der Waals surface area (Å²) in [6.07, 6.45) is 6.16. The number of hydrogen-bond donors (Lipinski definition) is 1. The fraction of sp³-hybridized carbons (Fsp3) is 0.583. The van der Waals surface area contributed by atoms with Crippen molar-refractivity contribution >= 4 is 0 Å². The molecule has 0 saturated carbocycles. The number of rotatable bonds is 4. The summed E-state index contributed by atoms with van der Waals surface area (Å²) in [5.74, 6) is 5.71. The minimum Gasteiger partial charge on any atom is -0.304 e. The van der Waals surface area contributed by atoms with Crippen LogP contribution in [0.25, 0.3) is 0 Å². The number of aromatic nitrogens is 1. The van der Waals surface area contributed by atoms with E-state index in [4.69, 9.17) is 10.7 Å². The van der Waals surface area contributed by atoms with Crippen molar-refractivity contribution in [3.8, 4) is 0 Å². The van der Waals surface area contributed by atoms with Crippen LogP contribution in [0, 0.1) is 5.92 Å². The molecule has 1 unspecified atom stereocenters. The van der Waals surface area contributed by atoms with Crippen LogP contribution in [-0.2, 0) is 11.4 Å². The predicted molar refractivity (Wildman–Crippen MR) is 62.4 cm³/mol. The molecule has 0 aromatic carbocycles. The first-order chi connectivity index (χ1) is 7.88. The van der Waals surface area contributed by atoms with Crippen LogP contribution in [0.15, 0.2) is 24.5 Å². The van der Waals surface area contributed by atoms with Gasteiger partial charge in [-0.25, -0.2) is 5.90 Å². The van der Waals surface area contributed by atoms with Gasteiger partial charge in [0.15, 0.2) is 0 Å². The number of likely N-dealkylation sites (tertiary alicyclic amines) is 1. The average molecular weight is 221 g/mol. The molecule has 0 radical (unpaired) electrons. The maximum absolute atomic E-state index is 5.13. The Bertz CT molecular complexity index is 302. The largest absolute Gasteiger partial charge is 0.304 e. The van der Waals surface area contributed by atoms with Crippen molar-refractivity contribution in [3.63, 3.8) is 0 Å². The van der Waals surface area contributed by atoms with Gasteiger partial charge in [-0.3, -0.25) is 9.88 Å². The molecule has 88 valence electrons. The summed E-state index contributed by atoms with van der Waals surface area (Å²) in [4.78, 5) is 11.2. The van der Waals surface area contributed by atoms with E-state index < -0.39 is 0 Å². The van der Waals surface area contributed by atoms with Gasteiger partial charge in [0.05, 0.1) is 6.61 Å². The molecule has 2 heterocycles. The van der Waals surface area contributed by atoms with Gasteiger partial charge in [0, 0.05) is 25.5 Å². The number of nitrogens with zero attached hydrogens (tertiary/aromatic N) is 2. The van der Waals surface area contributed by atoms with Gasteiger partial charge in [-0.15, -0.1) is 0 Å². The summed E-state index contributed by atoms with van der Waals surface area (Å²) in [6.45, 7) is 3.93. The molecule has 1 aliphatic rings. The second kappa shape index (κ2) is 5.94. The Morgan fingerprint density at radius 2 is 2.25 bits per heavy atom. The highest BCUT2D eigenvalue weighted by atomic mass is 16.6. The van der Waals surface area contributed by atoms with E-state index >= 15 is 0 Å². The van der Waals surface area contributed by atoms with E-state index in [2.05, 4.69) is 22.0 Å². The SMILES string of the molecule is NOCC1CCCN(Cc2ccncc2)C1. The van der Waals surface area contributed by atoms with Crippen LogP contribution in [0.2, 0.25) is 0 Å². The minimum absolute atomic E-state index is 0.584. The zero-order valence-corrected chi connectivity index (χ0v) is 9.51. The molecular weight excluding hydrogens is 202 g/mol. The van der Waals surface area contributed by atoms with Crippen LogP contribution < -0.4 is 5.90 Å². The third-order valence-corrected chi connectivity index (χ3v) is 3.09. The second-order valence-electron chi connectivity index (χ2n) is 4.43. The molecule has 1 aromatic rings. The minimum atomic E-state index is 0.584. The van der Waals surface area contributed by atoms with E-state index in [1.165, 1.54) is 24.9 Å². The van der Waals surface area contributed by atoms with Gasteiger partial charge >= 0.3 is 0 Å². The summed E-state index contributed by atoms with van der Waals surface area (Å²) in [7, 11) is 0. The van der Waals surface area contributed by atoms with Gasteiger partial charge in [0.25, 0.3) is 0 Å². The Balaban J connectivity index is 1.85. The van der Waals surface area contributed by atoms with E-state index in [1.54, 1.807) is 0 Å². The Morgan fingerprint density at radius 3 is 3.00 bits per heavy atom. The van der Waals surface area contributed by atoms with Crippen molar-refractivity contribution in [2.45, 2.75) is 19.4 Å². The smallest absolute Gasteiger partial charge is 0.0719 e.